The van der Waals surface area contributed by atoms with Crippen molar-refractivity contribution in [3.05, 3.63) is 261 Å². The lowest BCUT2D eigenvalue weighted by molar-refractivity contribution is -0.597. The fourth-order valence-electron chi connectivity index (χ4n) is 5.61. The normalized spacial score (nSPS) is 9.10. The zero-order valence-electron chi connectivity index (χ0n) is 56.1. The average Bonchev–Trinajstić information content (AvgIpc) is 3.56. The van der Waals surface area contributed by atoms with Gasteiger partial charge >= 0.3 is 21.2 Å². The van der Waals surface area contributed by atoms with Gasteiger partial charge in [-0.25, -0.2) is 0 Å². The third-order valence-electron chi connectivity index (χ3n) is 9.55. The topological polar surface area (TPSA) is 0 Å². The molecule has 0 aromatic heterocycles. The molecule has 0 heterocycles. The van der Waals surface area contributed by atoms with Crippen LogP contribution in [0.25, 0.3) is 0 Å². The molecule has 0 nitrogen and oxygen atoms in total. The first-order valence-corrected chi connectivity index (χ1v) is 40.0. The molecule has 8 aromatic carbocycles. The van der Waals surface area contributed by atoms with E-state index in [2.05, 4.69) is 300 Å². The van der Waals surface area contributed by atoms with Crippen LogP contribution >= 0.6 is 0 Å². The summed E-state index contributed by atoms with van der Waals surface area (Å²) in [4.78, 5) is 5.61. The van der Waals surface area contributed by atoms with Crippen LogP contribution in [-0.4, -0.2) is 49.0 Å². The Morgan fingerprint density at radius 3 is 0.617 bits per heavy atom. The Hall–Kier alpha value is -4.11. The standard InChI is InChI=1S/2C13H13S.C13H12.C12H10I.C6H15S.C3H9S.8C2H6/c2*1-14(12-8-4-2-5-9-12)13-10-6-3-7-11-13;1-3-7-12(8-4-1)11-13-9-5-2-6-10-13;1-3-7-11(8-4-1)13-12-9-5-2-6-10-12;1-5-6(2)7(3)4;1-4(2)3;8*1-2/h2*2-11H,1H3;1-10H,11H2;1-10H;6H,5H2,1-4H3;1-3H3;8*1-2H3/q2*+1;;3*+1;;;;;;;;. The van der Waals surface area contributed by atoms with Crippen molar-refractivity contribution < 1.29 is 21.2 Å². The molecule has 8 rings (SSSR count). The van der Waals surface area contributed by atoms with Crippen LogP contribution in [0.1, 0.15) is 142 Å². The predicted molar refractivity (Wildman–Crippen MR) is 386 cm³/mol. The van der Waals surface area contributed by atoms with Gasteiger partial charge in [-0.05, 0) is 125 Å². The molecule has 0 saturated heterocycles. The molecular formula is C76H120IS4+5. The zero-order chi connectivity index (χ0) is 62.9. The van der Waals surface area contributed by atoms with Crippen molar-refractivity contribution in [3.8, 4) is 0 Å². The molecule has 0 amide bonds. The van der Waals surface area contributed by atoms with Crippen LogP contribution < -0.4 is 21.2 Å². The van der Waals surface area contributed by atoms with Gasteiger partial charge in [0.25, 0.3) is 0 Å². The molecule has 0 aliphatic rings. The summed E-state index contributed by atoms with van der Waals surface area (Å²) in [6.07, 6.45) is 18.1. The van der Waals surface area contributed by atoms with Gasteiger partial charge in [-0.15, -0.1) is 0 Å². The molecule has 81 heavy (non-hydrogen) atoms. The smallest absolute Gasteiger partial charge is 0.0683 e. The minimum atomic E-state index is 0.0287. The Morgan fingerprint density at radius 2 is 0.457 bits per heavy atom. The summed E-state index contributed by atoms with van der Waals surface area (Å²) in [6, 6.07) is 85.0. The Bertz CT molecular complexity index is 1970. The summed E-state index contributed by atoms with van der Waals surface area (Å²) in [5, 5.41) is 0.931. The Morgan fingerprint density at radius 1 is 0.284 bits per heavy atom. The highest BCUT2D eigenvalue weighted by atomic mass is 127. The van der Waals surface area contributed by atoms with E-state index in [1.54, 1.807) is 0 Å². The molecule has 0 radical (unpaired) electrons. The number of hydrogen-bond donors (Lipinski definition) is 0. The molecule has 1 atom stereocenters. The monoisotopic (exact) mass is 1290 g/mol. The lowest BCUT2D eigenvalue weighted by Gasteiger charge is -2.01. The first kappa shape index (κ1) is 88.1. The Labute approximate surface area is 527 Å². The molecule has 0 aliphatic heterocycles. The number of hydrogen-bond acceptors (Lipinski definition) is 0. The minimum Gasteiger partial charge on any atom is -0.0683 e. The van der Waals surface area contributed by atoms with E-state index in [0.717, 1.165) is 11.7 Å². The van der Waals surface area contributed by atoms with E-state index in [0.29, 0.717) is 21.8 Å². The van der Waals surface area contributed by atoms with Crippen LogP contribution in [0.15, 0.2) is 262 Å². The van der Waals surface area contributed by atoms with Crippen LogP contribution in [-0.2, 0) is 50.0 Å². The molecular weight excluding hydrogens is 1170 g/mol. The van der Waals surface area contributed by atoms with E-state index in [9.17, 15) is 0 Å². The van der Waals surface area contributed by atoms with Crippen molar-refractivity contribution in [1.82, 2.24) is 0 Å². The summed E-state index contributed by atoms with van der Waals surface area (Å²) in [5.41, 5.74) is 2.74. The number of rotatable bonds is 10. The average molecular weight is 1290 g/mol. The van der Waals surface area contributed by atoms with Crippen LogP contribution in [0.2, 0.25) is 0 Å². The summed E-state index contributed by atoms with van der Waals surface area (Å²) < 4.78 is 2.96. The van der Waals surface area contributed by atoms with Gasteiger partial charge in [0.15, 0.2) is 26.7 Å². The molecule has 0 saturated carbocycles. The maximum Gasteiger partial charge on any atom is 0.357 e. The highest BCUT2D eigenvalue weighted by Gasteiger charge is 2.18. The third kappa shape index (κ3) is 51.3. The summed E-state index contributed by atoms with van der Waals surface area (Å²) >= 11 is 0.0287. The van der Waals surface area contributed by atoms with E-state index in [-0.39, 0.29) is 43.0 Å². The van der Waals surface area contributed by atoms with E-state index in [4.69, 9.17) is 0 Å². The maximum atomic E-state index is 2.31. The van der Waals surface area contributed by atoms with E-state index >= 15 is 0 Å². The first-order valence-electron chi connectivity index (χ1n) is 30.0. The summed E-state index contributed by atoms with van der Waals surface area (Å²) in [6.45, 7) is 36.6. The van der Waals surface area contributed by atoms with Gasteiger partial charge in [0.1, 0.15) is 17.8 Å². The third-order valence-corrected chi connectivity index (χ3v) is 18.1. The second-order valence-corrected chi connectivity index (χ2v) is 27.4. The highest BCUT2D eigenvalue weighted by molar-refractivity contribution is 7.96. The van der Waals surface area contributed by atoms with Crippen molar-refractivity contribution >= 4 is 43.6 Å². The van der Waals surface area contributed by atoms with Gasteiger partial charge in [0, 0.05) is 0 Å². The van der Waals surface area contributed by atoms with E-state index in [1.807, 2.05) is 111 Å². The molecule has 8 aromatic rings. The van der Waals surface area contributed by atoms with Crippen molar-refractivity contribution in [2.24, 2.45) is 0 Å². The van der Waals surface area contributed by atoms with Crippen molar-refractivity contribution in [3.63, 3.8) is 0 Å². The summed E-state index contributed by atoms with van der Waals surface area (Å²) in [5.74, 6) is 0. The van der Waals surface area contributed by atoms with E-state index < -0.39 is 0 Å². The second-order valence-electron chi connectivity index (χ2n) is 15.4. The molecule has 5 heteroatoms. The van der Waals surface area contributed by atoms with Crippen molar-refractivity contribution in [2.75, 3.05) is 43.8 Å². The minimum absolute atomic E-state index is 0.0287. The number of halogens is 1. The van der Waals surface area contributed by atoms with Gasteiger partial charge < -0.3 is 0 Å². The summed E-state index contributed by atoms with van der Waals surface area (Å²) in [7, 11) is 1.68. The van der Waals surface area contributed by atoms with Gasteiger partial charge in [-0.3, -0.25) is 0 Å². The lowest BCUT2D eigenvalue weighted by atomic mass is 10.1. The second kappa shape index (κ2) is 70.2. The first-order chi connectivity index (χ1) is 39.6. The maximum absolute atomic E-state index is 2.31. The molecule has 0 aliphatic carbocycles. The van der Waals surface area contributed by atoms with Crippen LogP contribution in [0.4, 0.5) is 0 Å². The molecule has 0 N–H and O–H groups in total. The Balaban J connectivity index is -0.000000203. The van der Waals surface area contributed by atoms with Crippen LogP contribution in [0.5, 0.6) is 0 Å². The molecule has 0 fully saturated rings. The predicted octanol–water partition coefficient (Wildman–Crippen LogP) is 20.2. The molecule has 1 unspecified atom stereocenters. The lowest BCUT2D eigenvalue weighted by Crippen LogP contribution is -3.61. The van der Waals surface area contributed by atoms with Gasteiger partial charge in [0.2, 0.25) is 0 Å². The van der Waals surface area contributed by atoms with Gasteiger partial charge in [0.05, 0.1) is 53.1 Å². The molecule has 450 valence electrons. The fourth-order valence-corrected chi connectivity index (χ4v) is 11.4. The zero-order valence-corrected chi connectivity index (χ0v) is 61.5. The number of benzene rings is 8. The molecule has 0 bridgehead atoms. The van der Waals surface area contributed by atoms with Gasteiger partial charge in [-0.2, -0.15) is 0 Å². The van der Waals surface area contributed by atoms with Crippen molar-refractivity contribution in [1.29, 1.82) is 0 Å². The van der Waals surface area contributed by atoms with Crippen LogP contribution in [0.3, 0.4) is 0 Å². The Kier molecular flexibility index (Phi) is 76.3. The quantitative estimate of drug-likeness (QED) is 0.0946. The van der Waals surface area contributed by atoms with E-state index in [1.165, 1.54) is 44.3 Å². The molecule has 0 spiro atoms. The highest BCUT2D eigenvalue weighted by Crippen LogP contribution is 2.21. The SMILES string of the molecule is CC.CC.CC.CC.CC.CC.CC.CC.CCC(C)[S+](C)C.C[S+](C)C.C[S+](c1ccccc1)c1ccccc1.C[S+](c1ccccc1)c1ccccc1.c1ccc(Cc2ccccc2)cc1.c1ccc([I+]c2ccccc2)cc1. The van der Waals surface area contributed by atoms with Crippen LogP contribution in [0, 0.1) is 7.14 Å². The fraction of sp³-hybridized carbons (Fsp3) is 0.368. The van der Waals surface area contributed by atoms with Gasteiger partial charge in [-0.1, -0.05) is 288 Å². The largest absolute Gasteiger partial charge is 0.357 e. The van der Waals surface area contributed by atoms with Crippen molar-refractivity contribution in [2.45, 2.75) is 162 Å².